The van der Waals surface area contributed by atoms with Gasteiger partial charge in [-0.05, 0) is 53.9 Å². The summed E-state index contributed by atoms with van der Waals surface area (Å²) >= 11 is 13.5. The number of thioether (sulfide) groups is 1. The van der Waals surface area contributed by atoms with Gasteiger partial charge in [0, 0.05) is 34.5 Å². The topological polar surface area (TPSA) is 49.4 Å². The van der Waals surface area contributed by atoms with Crippen molar-refractivity contribution in [2.75, 3.05) is 12.3 Å². The van der Waals surface area contributed by atoms with Crippen LogP contribution in [-0.2, 0) is 22.6 Å². The molecule has 3 aromatic carbocycles. The highest BCUT2D eigenvalue weighted by atomic mass is 35.5. The Labute approximate surface area is 222 Å². The van der Waals surface area contributed by atoms with E-state index in [0.717, 1.165) is 28.9 Å². The molecule has 0 spiro atoms. The third-order valence-electron chi connectivity index (χ3n) is 5.54. The van der Waals surface area contributed by atoms with E-state index in [1.165, 1.54) is 11.8 Å². The lowest BCUT2D eigenvalue weighted by Gasteiger charge is -2.31. The molecule has 1 N–H and O–H groups in total. The van der Waals surface area contributed by atoms with E-state index in [9.17, 15) is 9.59 Å². The van der Waals surface area contributed by atoms with Crippen LogP contribution in [0.1, 0.15) is 30.9 Å². The molecule has 0 fully saturated rings. The van der Waals surface area contributed by atoms with Crippen LogP contribution in [0.2, 0.25) is 10.0 Å². The molecule has 1 atom stereocenters. The second-order valence-corrected chi connectivity index (χ2v) is 10.2. The van der Waals surface area contributed by atoms with Crippen LogP contribution in [-0.4, -0.2) is 35.1 Å². The summed E-state index contributed by atoms with van der Waals surface area (Å²) < 4.78 is 0. The quantitative estimate of drug-likeness (QED) is 0.211. The minimum atomic E-state index is -0.636. The average molecular weight is 530 g/mol. The molecule has 0 bridgehead atoms. The smallest absolute Gasteiger partial charge is 0.243 e. The standard InChI is InChI=1S/C28H30Cl2N2O2S/c1-2-3-17-31-28(34)26(18-21-7-5-4-6-8-21)32(19-22-9-11-23(29)12-10-22)27(33)20-35-25-15-13-24(30)14-16-25/h4-16,26H,2-3,17-20H2,1H3,(H,31,34). The van der Waals surface area contributed by atoms with Gasteiger partial charge in [0.2, 0.25) is 11.8 Å². The number of halogens is 2. The van der Waals surface area contributed by atoms with Crippen molar-refractivity contribution >= 4 is 46.8 Å². The van der Waals surface area contributed by atoms with E-state index in [1.54, 1.807) is 29.2 Å². The summed E-state index contributed by atoms with van der Waals surface area (Å²) in [5.41, 5.74) is 1.92. The molecule has 2 amide bonds. The number of amides is 2. The van der Waals surface area contributed by atoms with Gasteiger partial charge in [-0.3, -0.25) is 9.59 Å². The van der Waals surface area contributed by atoms with Crippen LogP contribution in [0.15, 0.2) is 83.8 Å². The molecule has 35 heavy (non-hydrogen) atoms. The van der Waals surface area contributed by atoms with Gasteiger partial charge in [0.05, 0.1) is 5.75 Å². The van der Waals surface area contributed by atoms with Gasteiger partial charge in [0.15, 0.2) is 0 Å². The second-order valence-electron chi connectivity index (χ2n) is 8.24. The van der Waals surface area contributed by atoms with Gasteiger partial charge in [0.1, 0.15) is 6.04 Å². The van der Waals surface area contributed by atoms with E-state index in [0.29, 0.717) is 29.6 Å². The maximum atomic E-state index is 13.6. The lowest BCUT2D eigenvalue weighted by molar-refractivity contribution is -0.139. The van der Waals surface area contributed by atoms with Crippen molar-refractivity contribution in [3.8, 4) is 0 Å². The molecule has 7 heteroatoms. The Morgan fingerprint density at radius 2 is 1.51 bits per heavy atom. The van der Waals surface area contributed by atoms with E-state index in [1.807, 2.05) is 54.6 Å². The third-order valence-corrected chi connectivity index (χ3v) is 7.04. The summed E-state index contributed by atoms with van der Waals surface area (Å²) in [5.74, 6) is -0.0319. The number of nitrogens with zero attached hydrogens (tertiary/aromatic N) is 1. The van der Waals surface area contributed by atoms with Gasteiger partial charge in [-0.1, -0.05) is 79.0 Å². The Balaban J connectivity index is 1.86. The molecule has 0 saturated carbocycles. The number of hydrogen-bond acceptors (Lipinski definition) is 3. The van der Waals surface area contributed by atoms with Crippen LogP contribution in [0.4, 0.5) is 0 Å². The third kappa shape index (κ3) is 8.92. The van der Waals surface area contributed by atoms with E-state index < -0.39 is 6.04 Å². The summed E-state index contributed by atoms with van der Waals surface area (Å²) in [4.78, 5) is 29.6. The molecule has 0 heterocycles. The van der Waals surface area contributed by atoms with Gasteiger partial charge < -0.3 is 10.2 Å². The molecular formula is C28H30Cl2N2O2S. The number of rotatable bonds is 12. The average Bonchev–Trinajstić information content (AvgIpc) is 2.87. The minimum absolute atomic E-state index is 0.105. The van der Waals surface area contributed by atoms with Crippen molar-refractivity contribution in [1.82, 2.24) is 10.2 Å². The molecule has 0 aromatic heterocycles. The van der Waals surface area contributed by atoms with Gasteiger partial charge in [-0.25, -0.2) is 0 Å². The van der Waals surface area contributed by atoms with Crippen LogP contribution in [0.3, 0.4) is 0 Å². The molecule has 0 radical (unpaired) electrons. The van der Waals surface area contributed by atoms with Crippen molar-refractivity contribution in [3.63, 3.8) is 0 Å². The van der Waals surface area contributed by atoms with Crippen molar-refractivity contribution < 1.29 is 9.59 Å². The van der Waals surface area contributed by atoms with Crippen LogP contribution >= 0.6 is 35.0 Å². The Hall–Kier alpha value is -2.47. The maximum Gasteiger partial charge on any atom is 0.243 e. The van der Waals surface area contributed by atoms with Crippen molar-refractivity contribution in [2.24, 2.45) is 0 Å². The molecular weight excluding hydrogens is 499 g/mol. The molecule has 0 aliphatic rings. The predicted molar refractivity (Wildman–Crippen MR) is 146 cm³/mol. The zero-order valence-electron chi connectivity index (χ0n) is 19.8. The van der Waals surface area contributed by atoms with Crippen molar-refractivity contribution in [3.05, 3.63) is 100 Å². The molecule has 0 aliphatic heterocycles. The molecule has 184 valence electrons. The normalized spacial score (nSPS) is 11.6. The molecule has 4 nitrogen and oxygen atoms in total. The van der Waals surface area contributed by atoms with Crippen molar-refractivity contribution in [2.45, 2.75) is 43.7 Å². The fourth-order valence-electron chi connectivity index (χ4n) is 3.61. The van der Waals surface area contributed by atoms with E-state index in [-0.39, 0.29) is 17.6 Å². The minimum Gasteiger partial charge on any atom is -0.354 e. The molecule has 0 saturated heterocycles. The second kappa shape index (κ2) is 14.2. The highest BCUT2D eigenvalue weighted by Gasteiger charge is 2.30. The van der Waals surface area contributed by atoms with E-state index in [2.05, 4.69) is 12.2 Å². The number of unbranched alkanes of at least 4 members (excludes halogenated alkanes) is 1. The molecule has 1 unspecified atom stereocenters. The summed E-state index contributed by atoms with van der Waals surface area (Å²) in [5, 5.41) is 4.32. The Morgan fingerprint density at radius 3 is 2.14 bits per heavy atom. The maximum absolute atomic E-state index is 13.6. The summed E-state index contributed by atoms with van der Waals surface area (Å²) in [7, 11) is 0. The highest BCUT2D eigenvalue weighted by molar-refractivity contribution is 8.00. The zero-order chi connectivity index (χ0) is 25.0. The van der Waals surface area contributed by atoms with Gasteiger partial charge in [-0.2, -0.15) is 0 Å². The lowest BCUT2D eigenvalue weighted by Crippen LogP contribution is -2.51. The van der Waals surface area contributed by atoms with Crippen LogP contribution in [0.25, 0.3) is 0 Å². The van der Waals surface area contributed by atoms with Crippen LogP contribution < -0.4 is 5.32 Å². The first-order valence-corrected chi connectivity index (χ1v) is 13.4. The first kappa shape index (κ1) is 27.1. The zero-order valence-corrected chi connectivity index (χ0v) is 22.1. The highest BCUT2D eigenvalue weighted by Crippen LogP contribution is 2.23. The lowest BCUT2D eigenvalue weighted by atomic mass is 10.0. The fraction of sp³-hybridized carbons (Fsp3) is 0.286. The predicted octanol–water partition coefficient (Wildman–Crippen LogP) is 6.64. The molecule has 3 rings (SSSR count). The van der Waals surface area contributed by atoms with E-state index >= 15 is 0 Å². The molecule has 0 aliphatic carbocycles. The first-order chi connectivity index (χ1) is 17.0. The van der Waals surface area contributed by atoms with Crippen LogP contribution in [0, 0.1) is 0 Å². The summed E-state index contributed by atoms with van der Waals surface area (Å²) in [6.45, 7) is 2.98. The number of hydrogen-bond donors (Lipinski definition) is 1. The Kier molecular flexibility index (Phi) is 11.0. The number of nitrogens with one attached hydrogen (secondary N) is 1. The molecule has 3 aromatic rings. The monoisotopic (exact) mass is 528 g/mol. The van der Waals surface area contributed by atoms with Gasteiger partial charge >= 0.3 is 0 Å². The summed E-state index contributed by atoms with van der Waals surface area (Å²) in [6, 6.07) is 24.0. The Bertz CT molecular complexity index is 1080. The Morgan fingerprint density at radius 1 is 0.886 bits per heavy atom. The first-order valence-electron chi connectivity index (χ1n) is 11.7. The summed E-state index contributed by atoms with van der Waals surface area (Å²) in [6.07, 6.45) is 2.31. The fourth-order valence-corrected chi connectivity index (χ4v) is 4.64. The van der Waals surface area contributed by atoms with Crippen molar-refractivity contribution in [1.29, 1.82) is 0 Å². The van der Waals surface area contributed by atoms with Gasteiger partial charge in [-0.15, -0.1) is 11.8 Å². The van der Waals surface area contributed by atoms with Crippen LogP contribution in [0.5, 0.6) is 0 Å². The number of carbonyl (C=O) groups is 2. The number of benzene rings is 3. The van der Waals surface area contributed by atoms with E-state index in [4.69, 9.17) is 23.2 Å². The SMILES string of the molecule is CCCCNC(=O)C(Cc1ccccc1)N(Cc1ccc(Cl)cc1)C(=O)CSc1ccc(Cl)cc1. The largest absolute Gasteiger partial charge is 0.354 e. The van der Waals surface area contributed by atoms with Gasteiger partial charge in [0.25, 0.3) is 0 Å². The number of carbonyl (C=O) groups excluding carboxylic acids is 2.